The molecule has 10 heteroatoms. The lowest BCUT2D eigenvalue weighted by atomic mass is 10.1. The molecule has 3 heterocycles. The second kappa shape index (κ2) is 5.01. The number of thioether (sulfide) groups is 1. The van der Waals surface area contributed by atoms with Crippen molar-refractivity contribution in [2.45, 2.75) is 22.8 Å². The predicted octanol–water partition coefficient (Wildman–Crippen LogP) is -0.610. The number of aliphatic hydroxyl groups excluding tert-OH is 3. The summed E-state index contributed by atoms with van der Waals surface area (Å²) in [6.07, 6.45) is -0.619. The fraction of sp³-hybridized carbons (Fsp3) is 0.500. The van der Waals surface area contributed by atoms with Crippen molar-refractivity contribution < 1.29 is 15.3 Å². The van der Waals surface area contributed by atoms with Gasteiger partial charge in [-0.05, 0) is 11.6 Å². The zero-order valence-corrected chi connectivity index (χ0v) is 11.7. The van der Waals surface area contributed by atoms with E-state index in [9.17, 15) is 15.3 Å². The number of anilines is 1. The highest BCUT2D eigenvalue weighted by Crippen LogP contribution is 2.42. The van der Waals surface area contributed by atoms with Crippen LogP contribution in [0.25, 0.3) is 11.2 Å². The Kier molecular flexibility index (Phi) is 3.46. The molecule has 0 saturated carbocycles. The van der Waals surface area contributed by atoms with Crippen molar-refractivity contribution in [1.82, 2.24) is 19.5 Å². The molecule has 108 valence electrons. The molecule has 20 heavy (non-hydrogen) atoms. The number of hydrogen-bond donors (Lipinski definition) is 4. The number of rotatable bonds is 2. The van der Waals surface area contributed by atoms with E-state index < -0.39 is 22.8 Å². The van der Waals surface area contributed by atoms with E-state index in [4.69, 9.17) is 17.3 Å². The summed E-state index contributed by atoms with van der Waals surface area (Å²) < 4.78 is 1.58. The number of hydrogen-bond acceptors (Lipinski definition) is 8. The Labute approximate surface area is 122 Å². The minimum atomic E-state index is -1.05. The molecule has 0 radical (unpaired) electrons. The minimum Gasteiger partial charge on any atom is -0.395 e. The Hall–Kier alpha value is -1.13. The first kappa shape index (κ1) is 13.8. The van der Waals surface area contributed by atoms with Crippen LogP contribution >= 0.6 is 23.4 Å². The van der Waals surface area contributed by atoms with Crippen LogP contribution in [0.1, 0.15) is 5.37 Å². The van der Waals surface area contributed by atoms with Crippen LogP contribution in [0.4, 0.5) is 5.82 Å². The summed E-state index contributed by atoms with van der Waals surface area (Å²) in [7, 11) is 0. The van der Waals surface area contributed by atoms with Gasteiger partial charge in [-0.25, -0.2) is 4.98 Å². The normalized spacial score (nSPS) is 30.2. The summed E-state index contributed by atoms with van der Waals surface area (Å²) in [6, 6.07) is 0. The molecule has 0 amide bonds. The van der Waals surface area contributed by atoms with Crippen LogP contribution in [0.5, 0.6) is 0 Å². The van der Waals surface area contributed by atoms with Gasteiger partial charge in [-0.15, -0.1) is 11.8 Å². The molecule has 1 saturated heterocycles. The van der Waals surface area contributed by atoms with Crippen molar-refractivity contribution in [3.8, 4) is 0 Å². The summed E-state index contributed by atoms with van der Waals surface area (Å²) in [5.74, 6) is 0.149. The van der Waals surface area contributed by atoms with Gasteiger partial charge < -0.3 is 21.1 Å². The number of fused-ring (bicyclic) bond motifs is 1. The number of halogens is 1. The Morgan fingerprint density at radius 2 is 2.10 bits per heavy atom. The van der Waals surface area contributed by atoms with Gasteiger partial charge in [0.25, 0.3) is 0 Å². The molecule has 1 aliphatic heterocycles. The molecule has 2 aromatic rings. The van der Waals surface area contributed by atoms with Crippen molar-refractivity contribution >= 4 is 40.3 Å². The molecular formula is C10H12ClN5O3S. The number of aliphatic hydroxyl groups is 3. The zero-order chi connectivity index (χ0) is 14.4. The van der Waals surface area contributed by atoms with Crippen LogP contribution in [0, 0.1) is 0 Å². The van der Waals surface area contributed by atoms with Crippen LogP contribution in [-0.2, 0) is 0 Å². The molecule has 0 bridgehead atoms. The highest BCUT2D eigenvalue weighted by Gasteiger charge is 2.43. The molecule has 5 N–H and O–H groups in total. The number of nitrogens with two attached hydrogens (primary N) is 1. The lowest BCUT2D eigenvalue weighted by molar-refractivity contribution is 0.0113. The van der Waals surface area contributed by atoms with Gasteiger partial charge in [0.1, 0.15) is 17.0 Å². The van der Waals surface area contributed by atoms with Gasteiger partial charge in [0.05, 0.1) is 24.3 Å². The average Bonchev–Trinajstić information content (AvgIpc) is 2.93. The third kappa shape index (κ3) is 2.02. The fourth-order valence-electron chi connectivity index (χ4n) is 2.21. The molecule has 4 atom stereocenters. The van der Waals surface area contributed by atoms with Crippen LogP contribution in [0.3, 0.4) is 0 Å². The number of imidazole rings is 1. The van der Waals surface area contributed by atoms with Crippen molar-refractivity contribution in [2.75, 3.05) is 12.3 Å². The van der Waals surface area contributed by atoms with Gasteiger partial charge in [0.15, 0.2) is 11.5 Å². The van der Waals surface area contributed by atoms with E-state index >= 15 is 0 Å². The van der Waals surface area contributed by atoms with Crippen molar-refractivity contribution in [2.24, 2.45) is 0 Å². The summed E-state index contributed by atoms with van der Waals surface area (Å²) in [6.45, 7) is -0.232. The highest BCUT2D eigenvalue weighted by atomic mass is 35.5. The lowest BCUT2D eigenvalue weighted by Gasteiger charge is -2.17. The van der Waals surface area contributed by atoms with Gasteiger partial charge in [-0.1, -0.05) is 0 Å². The fourth-order valence-corrected chi connectivity index (χ4v) is 3.75. The Morgan fingerprint density at radius 1 is 1.35 bits per heavy atom. The maximum Gasteiger partial charge on any atom is 0.226 e. The van der Waals surface area contributed by atoms with Gasteiger partial charge in [0.2, 0.25) is 5.28 Å². The van der Waals surface area contributed by atoms with E-state index in [1.165, 1.54) is 18.1 Å². The quantitative estimate of drug-likeness (QED) is 0.540. The highest BCUT2D eigenvalue weighted by molar-refractivity contribution is 8.00. The topological polar surface area (TPSA) is 130 Å². The molecule has 2 aromatic heterocycles. The molecule has 0 aliphatic carbocycles. The smallest absolute Gasteiger partial charge is 0.226 e. The van der Waals surface area contributed by atoms with Crippen LogP contribution in [0.15, 0.2) is 6.33 Å². The van der Waals surface area contributed by atoms with Gasteiger partial charge >= 0.3 is 0 Å². The second-order valence-corrected chi connectivity index (χ2v) is 6.13. The molecule has 8 nitrogen and oxygen atoms in total. The van der Waals surface area contributed by atoms with Crippen LogP contribution < -0.4 is 5.73 Å². The number of nitrogens with zero attached hydrogens (tertiary/aromatic N) is 4. The van der Waals surface area contributed by atoms with E-state index in [1.54, 1.807) is 4.57 Å². The summed E-state index contributed by atoms with van der Waals surface area (Å²) in [4.78, 5) is 12.0. The van der Waals surface area contributed by atoms with E-state index in [0.717, 1.165) is 0 Å². The number of aromatic nitrogens is 4. The monoisotopic (exact) mass is 317 g/mol. The maximum atomic E-state index is 10.1. The van der Waals surface area contributed by atoms with Gasteiger partial charge in [0, 0.05) is 0 Å². The third-order valence-electron chi connectivity index (χ3n) is 3.21. The third-order valence-corrected chi connectivity index (χ3v) is 4.94. The van der Waals surface area contributed by atoms with E-state index in [1.807, 2.05) is 0 Å². The largest absolute Gasteiger partial charge is 0.395 e. The lowest BCUT2D eigenvalue weighted by Crippen LogP contribution is -2.32. The van der Waals surface area contributed by atoms with E-state index in [2.05, 4.69) is 15.0 Å². The van der Waals surface area contributed by atoms with Gasteiger partial charge in [-0.3, -0.25) is 4.57 Å². The van der Waals surface area contributed by atoms with Gasteiger partial charge in [-0.2, -0.15) is 9.97 Å². The standard InChI is InChI=1S/C10H12ClN5O3S/c11-10-14-7(12)4-8(15-10)16(2-13-4)9-6(19)5(18)3(1-17)20-9/h2-3,5-6,9,17-19H,1H2,(H2,12,14,15)/t3-,5+,6-,9+/m0/s1. The predicted molar refractivity (Wildman–Crippen MR) is 74.3 cm³/mol. The first-order valence-electron chi connectivity index (χ1n) is 5.81. The molecule has 1 fully saturated rings. The summed E-state index contributed by atoms with van der Waals surface area (Å²) in [5, 5.41) is 28.1. The molecule has 0 spiro atoms. The van der Waals surface area contributed by atoms with Crippen LogP contribution in [0.2, 0.25) is 5.28 Å². The van der Waals surface area contributed by atoms with Crippen molar-refractivity contribution in [1.29, 1.82) is 0 Å². The summed E-state index contributed by atoms with van der Waals surface area (Å²) >= 11 is 7.02. The Balaban J connectivity index is 2.07. The van der Waals surface area contributed by atoms with Crippen molar-refractivity contribution in [3.05, 3.63) is 11.6 Å². The second-order valence-electron chi connectivity index (χ2n) is 4.43. The number of nitrogen functional groups attached to an aromatic ring is 1. The SMILES string of the molecule is Nc1nc(Cl)nc2c1ncn2[C@@H]1S[C@@H](CO)[C@@H](O)[C@@H]1O. The molecule has 3 rings (SSSR count). The molecule has 0 aromatic carbocycles. The Morgan fingerprint density at radius 3 is 2.75 bits per heavy atom. The minimum absolute atomic E-state index is 0.0199. The van der Waals surface area contributed by atoms with E-state index in [0.29, 0.717) is 11.2 Å². The first-order valence-corrected chi connectivity index (χ1v) is 7.13. The van der Waals surface area contributed by atoms with E-state index in [-0.39, 0.29) is 17.7 Å². The first-order chi connectivity index (χ1) is 9.52. The van der Waals surface area contributed by atoms with Crippen molar-refractivity contribution in [3.63, 3.8) is 0 Å². The molecular weight excluding hydrogens is 306 g/mol. The Bertz CT molecular complexity index is 653. The molecule has 1 aliphatic rings. The van der Waals surface area contributed by atoms with Crippen LogP contribution in [-0.4, -0.2) is 58.9 Å². The average molecular weight is 318 g/mol. The molecule has 0 unspecified atom stereocenters. The zero-order valence-electron chi connectivity index (χ0n) is 10.1. The maximum absolute atomic E-state index is 10.1. The summed E-state index contributed by atoms with van der Waals surface area (Å²) in [5.41, 5.74) is 6.47.